The molecule has 1 aliphatic heterocycles. The largest absolute Gasteiger partial charge is 0.464 e. The van der Waals surface area contributed by atoms with Gasteiger partial charge in [0.2, 0.25) is 12.4 Å². The van der Waals surface area contributed by atoms with Gasteiger partial charge in [0.15, 0.2) is 5.82 Å². The topological polar surface area (TPSA) is 230 Å². The summed E-state index contributed by atoms with van der Waals surface area (Å²) in [5.41, 5.74) is 2.56. The molecule has 0 amide bonds. The van der Waals surface area contributed by atoms with Crippen LogP contribution in [0.15, 0.2) is 18.5 Å². The molecule has 1 saturated heterocycles. The predicted octanol–water partition coefficient (Wildman–Crippen LogP) is 3.36. The Hall–Kier alpha value is -3.16. The van der Waals surface area contributed by atoms with Crippen molar-refractivity contribution in [3.05, 3.63) is 24.2 Å². The highest BCUT2D eigenvalue weighted by Gasteiger charge is 2.58. The molecular weight excluding hydrogens is 647 g/mol. The number of aliphatic hydroxyl groups excluding tert-OH is 2. The zero-order valence-electron chi connectivity index (χ0n) is 28.5. The van der Waals surface area contributed by atoms with Gasteiger partial charge in [-0.05, 0) is 44.7 Å². The maximum atomic E-state index is 14.1. The molecule has 268 valence electrons. The van der Waals surface area contributed by atoms with Crippen LogP contribution in [-0.4, -0.2) is 80.6 Å². The van der Waals surface area contributed by atoms with Gasteiger partial charge in [-0.2, -0.15) is 10.4 Å². The number of carbonyl (C=O) groups excluding carboxylic acids is 2. The molecule has 0 radical (unpaired) electrons. The van der Waals surface area contributed by atoms with Crippen LogP contribution >= 0.6 is 7.75 Å². The molecule has 3 rings (SSSR count). The van der Waals surface area contributed by atoms with E-state index in [0.29, 0.717) is 18.4 Å². The number of ether oxygens (including phenoxy) is 3. The quantitative estimate of drug-likeness (QED) is 0.0937. The summed E-state index contributed by atoms with van der Waals surface area (Å²) < 4.78 is 43.2. The van der Waals surface area contributed by atoms with Crippen molar-refractivity contribution in [2.75, 3.05) is 25.7 Å². The van der Waals surface area contributed by atoms with Gasteiger partial charge in [-0.25, -0.2) is 19.2 Å². The Kier molecular flexibility index (Phi) is 13.9. The van der Waals surface area contributed by atoms with Crippen LogP contribution in [0, 0.1) is 23.2 Å². The van der Waals surface area contributed by atoms with Gasteiger partial charge in [-0.15, -0.1) is 0 Å². The molecule has 2 aromatic rings. The minimum absolute atomic E-state index is 0.0580. The van der Waals surface area contributed by atoms with Crippen LogP contribution in [0.3, 0.4) is 0 Å². The summed E-state index contributed by atoms with van der Waals surface area (Å²) in [7, 11) is -4.55. The second kappa shape index (κ2) is 17.0. The highest BCUT2D eigenvalue weighted by atomic mass is 31.2. The average molecular weight is 697 g/mol. The molecule has 5 N–H and O–H groups in total. The lowest BCUT2D eigenvalue weighted by Gasteiger charge is -2.30. The number of rotatable bonds is 19. The number of esters is 2. The maximum absolute atomic E-state index is 14.1. The van der Waals surface area contributed by atoms with Gasteiger partial charge in [0.1, 0.15) is 41.8 Å². The highest BCUT2D eigenvalue weighted by Crippen LogP contribution is 2.48. The summed E-state index contributed by atoms with van der Waals surface area (Å²) in [6.07, 6.45) is 0.543. The minimum atomic E-state index is -4.55. The summed E-state index contributed by atoms with van der Waals surface area (Å²) in [4.78, 5) is 29.7. The fourth-order valence-corrected chi connectivity index (χ4v) is 6.97. The molecule has 2 aromatic heterocycles. The average Bonchev–Trinajstić information content (AvgIpc) is 3.60. The van der Waals surface area contributed by atoms with Crippen molar-refractivity contribution in [1.29, 1.82) is 5.26 Å². The molecule has 0 spiro atoms. The second-order valence-electron chi connectivity index (χ2n) is 12.4. The summed E-state index contributed by atoms with van der Waals surface area (Å²) in [6, 6.07) is 4.90. The third-order valence-electron chi connectivity index (χ3n) is 8.46. The Morgan fingerprint density at radius 1 is 1.17 bits per heavy atom. The number of hydrogen-bond acceptors (Lipinski definition) is 14. The predicted molar refractivity (Wildman–Crippen MR) is 173 cm³/mol. The van der Waals surface area contributed by atoms with Gasteiger partial charge in [0.05, 0.1) is 24.8 Å². The van der Waals surface area contributed by atoms with E-state index < -0.39 is 62.5 Å². The van der Waals surface area contributed by atoms with Gasteiger partial charge in [0, 0.05) is 0 Å². The van der Waals surface area contributed by atoms with Gasteiger partial charge >= 0.3 is 19.7 Å². The van der Waals surface area contributed by atoms with Crippen LogP contribution in [0.1, 0.15) is 85.8 Å². The highest BCUT2D eigenvalue weighted by molar-refractivity contribution is 7.51. The monoisotopic (exact) mass is 696 g/mol. The van der Waals surface area contributed by atoms with E-state index in [-0.39, 0.29) is 30.0 Å². The van der Waals surface area contributed by atoms with E-state index in [9.17, 15) is 29.6 Å². The van der Waals surface area contributed by atoms with Gasteiger partial charge in [-0.3, -0.25) is 18.6 Å². The summed E-state index contributed by atoms with van der Waals surface area (Å²) in [5, 5.41) is 38.9. The molecule has 17 heteroatoms. The fourth-order valence-electron chi connectivity index (χ4n) is 5.46. The first kappa shape index (κ1) is 39.3. The van der Waals surface area contributed by atoms with Crippen LogP contribution < -0.4 is 10.8 Å². The van der Waals surface area contributed by atoms with Crippen molar-refractivity contribution in [1.82, 2.24) is 19.7 Å². The number of nitrogens with one attached hydrogen (secondary N) is 1. The molecule has 3 heterocycles. The zero-order chi connectivity index (χ0) is 35.7. The maximum Gasteiger partial charge on any atom is 0.409 e. The number of aromatic nitrogens is 3. The number of nitrogen functional groups attached to an aromatic ring is 1. The molecule has 48 heavy (non-hydrogen) atoms. The van der Waals surface area contributed by atoms with Gasteiger partial charge in [-0.1, -0.05) is 53.4 Å². The standard InChI is InChI=1S/C31H49N6O10P/c1-7-11-21(12-8-2)28(40)44-19-46-48(42,36-30(5,6)29(41)43-15-20(9-3)10-4)45-16-23-25(38)26(39)31(17-32,47-23)24-14-13-22-27(33)34-18-35-37(22)24/h13-14,18,20-21,23,25-26,38-39H,7-12,15-16,19H2,1-6H3,(H,36,42)(H2,33,34,35)/t23-,25-,26-,31+,48-/m1/s1. The number of anilines is 1. The van der Waals surface area contributed by atoms with E-state index in [0.717, 1.165) is 32.0 Å². The zero-order valence-corrected chi connectivity index (χ0v) is 29.4. The van der Waals surface area contributed by atoms with E-state index in [1.54, 1.807) is 0 Å². The van der Waals surface area contributed by atoms with Crippen LogP contribution in [0.2, 0.25) is 0 Å². The molecule has 0 saturated carbocycles. The number of hydrogen-bond donors (Lipinski definition) is 4. The first-order chi connectivity index (χ1) is 22.7. The van der Waals surface area contributed by atoms with Crippen LogP contribution in [0.25, 0.3) is 5.52 Å². The van der Waals surface area contributed by atoms with Gasteiger partial charge < -0.3 is 30.2 Å². The summed E-state index contributed by atoms with van der Waals surface area (Å²) in [5.74, 6) is -1.40. The second-order valence-corrected chi connectivity index (χ2v) is 14.1. The minimum Gasteiger partial charge on any atom is -0.464 e. The van der Waals surface area contributed by atoms with Gasteiger partial charge in [0.25, 0.3) is 0 Å². The Morgan fingerprint density at radius 3 is 2.44 bits per heavy atom. The number of nitriles is 1. The number of nitrogens with two attached hydrogens (primary N) is 1. The van der Waals surface area contributed by atoms with E-state index >= 15 is 0 Å². The smallest absolute Gasteiger partial charge is 0.409 e. The Morgan fingerprint density at radius 2 is 1.83 bits per heavy atom. The molecule has 1 aliphatic rings. The Labute approximate surface area is 280 Å². The van der Waals surface area contributed by atoms with Crippen molar-refractivity contribution >= 4 is 31.0 Å². The fraction of sp³-hybridized carbons (Fsp3) is 0.710. The van der Waals surface area contributed by atoms with Crippen molar-refractivity contribution < 1.29 is 47.6 Å². The molecule has 16 nitrogen and oxygen atoms in total. The third kappa shape index (κ3) is 8.89. The van der Waals surface area contributed by atoms with Crippen molar-refractivity contribution in [3.8, 4) is 6.07 Å². The van der Waals surface area contributed by atoms with E-state index in [2.05, 4.69) is 15.2 Å². The third-order valence-corrected chi connectivity index (χ3v) is 10.2. The SMILES string of the molecule is CCCC(CCC)C(=O)OCO[P@@](=O)(NC(C)(C)C(=O)OCC(CC)CC)OC[C@H]1O[C@@](C#N)(c2ccc3c(N)ncnn23)[C@H](O)[C@@H]1O. The lowest BCUT2D eigenvalue weighted by atomic mass is 9.92. The van der Waals surface area contributed by atoms with E-state index in [1.807, 2.05) is 33.8 Å². The van der Waals surface area contributed by atoms with E-state index in [4.69, 9.17) is 29.0 Å². The molecule has 0 aromatic carbocycles. The lowest BCUT2D eigenvalue weighted by molar-refractivity contribution is -0.157. The number of aliphatic hydroxyl groups is 2. The molecule has 0 bridgehead atoms. The van der Waals surface area contributed by atoms with Crippen molar-refractivity contribution in [2.24, 2.45) is 11.8 Å². The Bertz CT molecular complexity index is 1470. The Balaban J connectivity index is 1.83. The molecule has 0 unspecified atom stereocenters. The van der Waals surface area contributed by atoms with E-state index in [1.165, 1.54) is 30.5 Å². The van der Waals surface area contributed by atoms with Crippen LogP contribution in [0.4, 0.5) is 5.82 Å². The number of fused-ring (bicyclic) bond motifs is 1. The number of nitrogens with zero attached hydrogens (tertiary/aromatic N) is 4. The lowest BCUT2D eigenvalue weighted by Crippen LogP contribution is -2.47. The van der Waals surface area contributed by atoms with Crippen LogP contribution in [-0.2, 0) is 43.0 Å². The molecule has 5 atom stereocenters. The first-order valence-corrected chi connectivity index (χ1v) is 17.8. The molecule has 0 aliphatic carbocycles. The van der Waals surface area contributed by atoms with Crippen molar-refractivity contribution in [2.45, 2.75) is 110 Å². The molecule has 1 fully saturated rings. The summed E-state index contributed by atoms with van der Waals surface area (Å²) >= 11 is 0. The summed E-state index contributed by atoms with van der Waals surface area (Å²) in [6.45, 7) is 9.38. The van der Waals surface area contributed by atoms with Crippen molar-refractivity contribution in [3.63, 3.8) is 0 Å². The normalized spacial score (nSPS) is 22.6. The molecular formula is C31H49N6O10P. The van der Waals surface area contributed by atoms with Crippen LogP contribution in [0.5, 0.6) is 0 Å². The number of carbonyl (C=O) groups is 2. The first-order valence-electron chi connectivity index (χ1n) is 16.3.